The van der Waals surface area contributed by atoms with Gasteiger partial charge in [0.25, 0.3) is 0 Å². The van der Waals surface area contributed by atoms with E-state index in [1.807, 2.05) is 6.92 Å². The Balaban J connectivity index is 2.43. The van der Waals surface area contributed by atoms with Crippen LogP contribution < -0.4 is 0 Å². The van der Waals surface area contributed by atoms with Crippen molar-refractivity contribution >= 4 is 29.0 Å². The highest BCUT2D eigenvalue weighted by Crippen LogP contribution is 2.33. The molecule has 0 aliphatic rings. The predicted octanol–water partition coefficient (Wildman–Crippen LogP) is 5.32. The van der Waals surface area contributed by atoms with Crippen LogP contribution in [0.5, 0.6) is 0 Å². The average molecular weight is 320 g/mol. The molecule has 1 aromatic carbocycles. The fraction of sp³-hybridized carbons (Fsp3) is 0.176. The van der Waals surface area contributed by atoms with Gasteiger partial charge in [0.05, 0.1) is 5.92 Å². The van der Waals surface area contributed by atoms with Crippen molar-refractivity contribution in [1.29, 1.82) is 0 Å². The molecule has 2 nitrogen and oxygen atoms in total. The Morgan fingerprint density at radius 3 is 2.67 bits per heavy atom. The Hall–Kier alpha value is -1.64. The molecule has 0 amide bonds. The van der Waals surface area contributed by atoms with Crippen molar-refractivity contribution in [1.82, 2.24) is 4.98 Å². The zero-order chi connectivity index (χ0) is 15.4. The zero-order valence-electron chi connectivity index (χ0n) is 11.6. The van der Waals surface area contributed by atoms with Crippen LogP contribution in [-0.4, -0.2) is 10.8 Å². The SMILES string of the molecule is C=C(C)CC(C(=O)c1cccnc1)c1ccc(Cl)cc1Cl. The van der Waals surface area contributed by atoms with Crippen molar-refractivity contribution < 1.29 is 4.79 Å². The summed E-state index contributed by atoms with van der Waals surface area (Å²) in [5.74, 6) is -0.396. The minimum absolute atomic E-state index is 0.0182. The fourth-order valence-corrected chi connectivity index (χ4v) is 2.73. The Morgan fingerprint density at radius 2 is 2.10 bits per heavy atom. The van der Waals surface area contributed by atoms with Crippen molar-refractivity contribution in [2.45, 2.75) is 19.3 Å². The number of aromatic nitrogens is 1. The number of halogens is 2. The van der Waals surface area contributed by atoms with Gasteiger partial charge in [-0.15, -0.1) is 6.58 Å². The number of pyridine rings is 1. The molecule has 21 heavy (non-hydrogen) atoms. The summed E-state index contributed by atoms with van der Waals surface area (Å²) >= 11 is 12.2. The van der Waals surface area contributed by atoms with Gasteiger partial charge in [-0.1, -0.05) is 34.8 Å². The average Bonchev–Trinajstić information content (AvgIpc) is 2.45. The number of rotatable bonds is 5. The van der Waals surface area contributed by atoms with Crippen molar-refractivity contribution in [3.05, 3.63) is 76.0 Å². The molecule has 0 saturated heterocycles. The maximum Gasteiger partial charge on any atom is 0.172 e. The molecule has 0 fully saturated rings. The molecule has 0 spiro atoms. The lowest BCUT2D eigenvalue weighted by Crippen LogP contribution is -2.14. The quantitative estimate of drug-likeness (QED) is 0.551. The van der Waals surface area contributed by atoms with E-state index >= 15 is 0 Å². The molecular weight excluding hydrogens is 305 g/mol. The molecule has 4 heteroatoms. The molecule has 1 aromatic heterocycles. The lowest BCUT2D eigenvalue weighted by Gasteiger charge is -2.18. The molecule has 1 unspecified atom stereocenters. The first-order valence-electron chi connectivity index (χ1n) is 6.52. The highest BCUT2D eigenvalue weighted by Gasteiger charge is 2.24. The van der Waals surface area contributed by atoms with Gasteiger partial charge in [0.15, 0.2) is 5.78 Å². The van der Waals surface area contributed by atoms with E-state index < -0.39 is 0 Å². The van der Waals surface area contributed by atoms with Gasteiger partial charge >= 0.3 is 0 Å². The number of carbonyl (C=O) groups excluding carboxylic acids is 1. The molecular formula is C17H15Cl2NO. The van der Waals surface area contributed by atoms with Crippen LogP contribution >= 0.6 is 23.2 Å². The fourth-order valence-electron chi connectivity index (χ4n) is 2.19. The molecule has 1 atom stereocenters. The number of hydrogen-bond donors (Lipinski definition) is 0. The summed E-state index contributed by atoms with van der Waals surface area (Å²) in [7, 11) is 0. The number of allylic oxidation sites excluding steroid dienone is 1. The van der Waals surface area contributed by atoms with Crippen LogP contribution in [0.15, 0.2) is 54.9 Å². The Bertz CT molecular complexity index is 668. The number of Topliss-reactive ketones (excluding diaryl/α,β-unsaturated/α-hetero) is 1. The standard InChI is InChI=1S/C17H15Cl2NO/c1-11(2)8-15(14-6-5-13(18)9-16(14)19)17(21)12-4-3-7-20-10-12/h3-7,9-10,15H,1,8H2,2H3. The Labute approximate surface area is 134 Å². The van der Waals surface area contributed by atoms with Gasteiger partial charge in [0.1, 0.15) is 0 Å². The first kappa shape index (κ1) is 15.7. The second-order valence-corrected chi connectivity index (χ2v) is 5.83. The number of ketones is 1. The molecule has 1 heterocycles. The first-order valence-corrected chi connectivity index (χ1v) is 7.28. The van der Waals surface area contributed by atoms with Gasteiger partial charge in [-0.25, -0.2) is 0 Å². The smallest absolute Gasteiger partial charge is 0.172 e. The summed E-state index contributed by atoms with van der Waals surface area (Å²) < 4.78 is 0. The van der Waals surface area contributed by atoms with Crippen LogP contribution in [0.25, 0.3) is 0 Å². The third kappa shape index (κ3) is 3.93. The topological polar surface area (TPSA) is 30.0 Å². The molecule has 0 aliphatic heterocycles. The van der Waals surface area contributed by atoms with Crippen LogP contribution in [0.1, 0.15) is 35.2 Å². The maximum absolute atomic E-state index is 12.7. The number of nitrogens with zero attached hydrogens (tertiary/aromatic N) is 1. The summed E-state index contributed by atoms with van der Waals surface area (Å²) in [4.78, 5) is 16.7. The van der Waals surface area contributed by atoms with Crippen molar-refractivity contribution in [3.8, 4) is 0 Å². The third-order valence-electron chi connectivity index (χ3n) is 3.15. The Kier molecular flexibility index (Phi) is 5.16. The number of benzene rings is 1. The molecule has 2 rings (SSSR count). The van der Waals surface area contributed by atoms with Crippen molar-refractivity contribution in [3.63, 3.8) is 0 Å². The normalized spacial score (nSPS) is 12.0. The largest absolute Gasteiger partial charge is 0.293 e. The summed E-state index contributed by atoms with van der Waals surface area (Å²) in [6.45, 7) is 5.80. The zero-order valence-corrected chi connectivity index (χ0v) is 13.2. The van der Waals surface area contributed by atoms with Gasteiger partial charge in [-0.2, -0.15) is 0 Å². The van der Waals surface area contributed by atoms with E-state index in [9.17, 15) is 4.79 Å². The van der Waals surface area contributed by atoms with Crippen LogP contribution in [0.4, 0.5) is 0 Å². The molecule has 0 saturated carbocycles. The monoisotopic (exact) mass is 319 g/mol. The molecule has 0 radical (unpaired) electrons. The van der Waals surface area contributed by atoms with Crippen LogP contribution in [0.2, 0.25) is 10.0 Å². The molecule has 0 aliphatic carbocycles. The van der Waals surface area contributed by atoms with Gasteiger partial charge < -0.3 is 0 Å². The van der Waals surface area contributed by atoms with E-state index in [0.29, 0.717) is 22.0 Å². The van der Waals surface area contributed by atoms with Crippen LogP contribution in [-0.2, 0) is 0 Å². The lowest BCUT2D eigenvalue weighted by molar-refractivity contribution is 0.0958. The predicted molar refractivity (Wildman–Crippen MR) is 87.2 cm³/mol. The van der Waals surface area contributed by atoms with E-state index in [4.69, 9.17) is 23.2 Å². The van der Waals surface area contributed by atoms with Gasteiger partial charge in [-0.05, 0) is 43.2 Å². The summed E-state index contributed by atoms with van der Waals surface area (Å²) in [5, 5.41) is 1.04. The minimum Gasteiger partial charge on any atom is -0.293 e. The van der Waals surface area contributed by atoms with Gasteiger partial charge in [-0.3, -0.25) is 9.78 Å². The number of hydrogen-bond acceptors (Lipinski definition) is 2. The van der Waals surface area contributed by atoms with Crippen LogP contribution in [0.3, 0.4) is 0 Å². The maximum atomic E-state index is 12.7. The first-order chi connectivity index (χ1) is 9.99. The van der Waals surface area contributed by atoms with Crippen molar-refractivity contribution in [2.24, 2.45) is 0 Å². The Morgan fingerprint density at radius 1 is 1.33 bits per heavy atom. The van der Waals surface area contributed by atoms with Gasteiger partial charge in [0.2, 0.25) is 0 Å². The second-order valence-electron chi connectivity index (χ2n) is 4.99. The van der Waals surface area contributed by atoms with Gasteiger partial charge in [0, 0.05) is 28.0 Å². The lowest BCUT2D eigenvalue weighted by atomic mass is 9.86. The van der Waals surface area contributed by atoms with E-state index in [0.717, 1.165) is 11.1 Å². The van der Waals surface area contributed by atoms with E-state index in [1.54, 1.807) is 42.7 Å². The molecule has 108 valence electrons. The van der Waals surface area contributed by atoms with E-state index in [2.05, 4.69) is 11.6 Å². The second kappa shape index (κ2) is 6.88. The van der Waals surface area contributed by atoms with E-state index in [1.165, 1.54) is 0 Å². The van der Waals surface area contributed by atoms with E-state index in [-0.39, 0.29) is 11.7 Å². The summed E-state index contributed by atoms with van der Waals surface area (Å²) in [6.07, 6.45) is 3.74. The molecule has 0 N–H and O–H groups in total. The summed E-state index contributed by atoms with van der Waals surface area (Å²) in [6, 6.07) is 8.69. The van der Waals surface area contributed by atoms with Crippen molar-refractivity contribution in [2.75, 3.05) is 0 Å². The van der Waals surface area contributed by atoms with Crippen LogP contribution in [0, 0.1) is 0 Å². The highest BCUT2D eigenvalue weighted by molar-refractivity contribution is 6.35. The minimum atomic E-state index is -0.378. The third-order valence-corrected chi connectivity index (χ3v) is 3.72. The summed E-state index contributed by atoms with van der Waals surface area (Å²) in [5.41, 5.74) is 2.25. The molecule has 0 bridgehead atoms. The highest BCUT2D eigenvalue weighted by atomic mass is 35.5. The number of carbonyl (C=O) groups is 1. The molecule has 2 aromatic rings.